The minimum atomic E-state index is -0.322. The maximum atomic E-state index is 13.3. The third-order valence-corrected chi connectivity index (χ3v) is 13.4. The fourth-order valence-electron chi connectivity index (χ4n) is 7.57. The summed E-state index contributed by atoms with van der Waals surface area (Å²) in [6.45, 7) is 12.6. The minimum absolute atomic E-state index is 0.00265. The highest BCUT2D eigenvalue weighted by Crippen LogP contribution is 2.33. The molecule has 0 aliphatic carbocycles. The van der Waals surface area contributed by atoms with Crippen molar-refractivity contribution in [2.45, 2.75) is 90.2 Å². The van der Waals surface area contributed by atoms with Crippen LogP contribution in [0.1, 0.15) is 97.4 Å². The fraction of sp³-hybridized carbons (Fsp3) is 0.561. The highest BCUT2D eigenvalue weighted by atomic mass is 35.5. The number of hydrogen-bond donors (Lipinski definition) is 2. The number of piperidine rings is 1. The molecule has 11 nitrogen and oxygen atoms in total. The van der Waals surface area contributed by atoms with Crippen LogP contribution in [0.15, 0.2) is 40.5 Å². The highest BCUT2D eigenvalue weighted by molar-refractivity contribution is 7.16. The van der Waals surface area contributed by atoms with Gasteiger partial charge in [-0.05, 0) is 68.2 Å². The number of phenolic OH excluding ortho intramolecular Hbond substituents is 1. The van der Waals surface area contributed by atoms with Crippen LogP contribution in [-0.4, -0.2) is 106 Å². The lowest BCUT2D eigenvalue weighted by Gasteiger charge is -2.47. The Kier molecular flexibility index (Phi) is 14.4. The van der Waals surface area contributed by atoms with Crippen molar-refractivity contribution in [2.75, 3.05) is 59.1 Å². The second kappa shape index (κ2) is 19.2. The van der Waals surface area contributed by atoms with Gasteiger partial charge < -0.3 is 29.4 Å². The van der Waals surface area contributed by atoms with E-state index in [0.29, 0.717) is 76.0 Å². The zero-order chi connectivity index (χ0) is 39.0. The molecular formula is C41H54ClN5O6S2. The summed E-state index contributed by atoms with van der Waals surface area (Å²) in [5, 5.41) is 13.7. The van der Waals surface area contributed by atoms with Crippen molar-refractivity contribution in [1.82, 2.24) is 24.7 Å². The molecule has 0 bridgehead atoms. The van der Waals surface area contributed by atoms with Gasteiger partial charge in [-0.1, -0.05) is 67.5 Å². The number of carbonyl (C=O) groups is 2. The largest absolute Gasteiger partial charge is 0.506 e. The van der Waals surface area contributed by atoms with Gasteiger partial charge in [0.1, 0.15) is 17.0 Å². The van der Waals surface area contributed by atoms with Gasteiger partial charge in [0.2, 0.25) is 5.91 Å². The van der Waals surface area contributed by atoms with Gasteiger partial charge >= 0.3 is 4.87 Å². The zero-order valence-corrected chi connectivity index (χ0v) is 34.6. The Bertz CT molecular complexity index is 1970. The van der Waals surface area contributed by atoms with Gasteiger partial charge in [0, 0.05) is 55.6 Å². The first-order valence-corrected chi connectivity index (χ1v) is 21.7. The molecule has 2 aliphatic heterocycles. The van der Waals surface area contributed by atoms with Gasteiger partial charge in [0.15, 0.2) is 0 Å². The zero-order valence-electron chi connectivity index (χ0n) is 32.2. The number of thiazole rings is 2. The van der Waals surface area contributed by atoms with E-state index in [1.54, 1.807) is 17.4 Å². The SMILES string of the molecule is CCN(CCCCCc1ccc(O)c2[nH]c(=O)sc12)C(=O)CCOCCc1cccc(CN2CCC3(CC2)CN(C(=O)c2csc(C(C)C)n2)CCO3)c1Cl. The van der Waals surface area contributed by atoms with E-state index in [4.69, 9.17) is 21.1 Å². The Morgan fingerprint density at radius 2 is 1.87 bits per heavy atom. The van der Waals surface area contributed by atoms with Crippen molar-refractivity contribution in [3.63, 3.8) is 0 Å². The van der Waals surface area contributed by atoms with Crippen LogP contribution in [0.25, 0.3) is 10.2 Å². The number of nitrogens with zero attached hydrogens (tertiary/aromatic N) is 4. The smallest absolute Gasteiger partial charge is 0.305 e. The number of ether oxygens (including phenoxy) is 2. The molecule has 2 amide bonds. The lowest BCUT2D eigenvalue weighted by Crippen LogP contribution is -2.58. The molecule has 6 rings (SSSR count). The topological polar surface area (TPSA) is 128 Å². The van der Waals surface area contributed by atoms with E-state index in [1.807, 2.05) is 34.2 Å². The molecule has 2 aromatic carbocycles. The number of nitrogens with one attached hydrogen (secondary N) is 1. The van der Waals surface area contributed by atoms with Crippen molar-refractivity contribution < 1.29 is 24.2 Å². The van der Waals surface area contributed by atoms with Gasteiger partial charge in [0.25, 0.3) is 5.91 Å². The van der Waals surface area contributed by atoms with Crippen molar-refractivity contribution in [3.05, 3.63) is 77.8 Å². The van der Waals surface area contributed by atoms with Gasteiger partial charge in [0.05, 0.1) is 48.1 Å². The van der Waals surface area contributed by atoms with Crippen LogP contribution in [0, 0.1) is 0 Å². The Morgan fingerprint density at radius 3 is 2.64 bits per heavy atom. The van der Waals surface area contributed by atoms with Crippen LogP contribution in [0.4, 0.5) is 0 Å². The number of hydrogen-bond acceptors (Lipinski definition) is 10. The molecule has 0 saturated carbocycles. The summed E-state index contributed by atoms with van der Waals surface area (Å²) in [6, 6.07) is 9.70. The quantitative estimate of drug-likeness (QED) is 0.107. The molecule has 55 heavy (non-hydrogen) atoms. The van der Waals surface area contributed by atoms with Crippen molar-refractivity contribution in [1.29, 1.82) is 0 Å². The molecule has 2 aromatic heterocycles. The number of morpholine rings is 1. The number of rotatable bonds is 17. The van der Waals surface area contributed by atoms with E-state index in [0.717, 1.165) is 101 Å². The average molecular weight is 812 g/mol. The number of aromatic hydroxyl groups is 1. The second-order valence-electron chi connectivity index (χ2n) is 15.0. The summed E-state index contributed by atoms with van der Waals surface area (Å²) in [5.41, 5.74) is 3.93. The van der Waals surface area contributed by atoms with Crippen molar-refractivity contribution >= 4 is 56.3 Å². The molecule has 1 spiro atoms. The number of phenols is 1. The summed E-state index contributed by atoms with van der Waals surface area (Å²) in [5.74, 6) is 0.508. The third kappa shape index (κ3) is 10.5. The van der Waals surface area contributed by atoms with E-state index >= 15 is 0 Å². The van der Waals surface area contributed by atoms with E-state index in [9.17, 15) is 19.5 Å². The molecule has 298 valence electrons. The Hall–Kier alpha value is -3.33. The lowest BCUT2D eigenvalue weighted by atomic mass is 9.89. The van der Waals surface area contributed by atoms with Crippen LogP contribution in [-0.2, 0) is 33.7 Å². The van der Waals surface area contributed by atoms with E-state index in [1.165, 1.54) is 0 Å². The van der Waals surface area contributed by atoms with Gasteiger partial charge in [-0.3, -0.25) is 19.3 Å². The number of halogens is 1. The fourth-order valence-corrected chi connectivity index (χ4v) is 9.55. The molecule has 0 atom stereocenters. The Morgan fingerprint density at radius 1 is 1.07 bits per heavy atom. The molecule has 2 fully saturated rings. The normalized spacial score (nSPS) is 16.1. The molecule has 4 heterocycles. The Balaban J connectivity index is 0.878. The number of likely N-dealkylation sites (tertiary alicyclic amines) is 1. The number of aromatic nitrogens is 2. The van der Waals surface area contributed by atoms with Crippen LogP contribution in [0.3, 0.4) is 0 Å². The average Bonchev–Trinajstić information content (AvgIpc) is 3.84. The molecule has 0 radical (unpaired) electrons. The molecule has 2 saturated heterocycles. The van der Waals surface area contributed by atoms with Gasteiger partial charge in [-0.25, -0.2) is 4.98 Å². The summed E-state index contributed by atoms with van der Waals surface area (Å²) in [7, 11) is 0. The standard InChI is InChI=1S/C41H54ClN5O6S2/c1-4-46(18-7-5-6-9-30-12-13-33(48)36-37(30)55-40(51)44-36)34(49)15-23-52-22-14-29-10-8-11-31(35(29)42)25-45-19-16-41(17-20-45)27-47(21-24-53-41)39(50)32-26-54-38(43-32)28(2)3/h8,10-13,26,28,48H,4-7,9,14-25,27H2,1-3H3,(H,44,51). The first-order valence-electron chi connectivity index (χ1n) is 19.6. The van der Waals surface area contributed by atoms with E-state index in [-0.39, 0.29) is 28.0 Å². The lowest BCUT2D eigenvalue weighted by molar-refractivity contribution is -0.132. The monoisotopic (exact) mass is 811 g/mol. The number of carbonyl (C=O) groups excluding carboxylic acids is 2. The molecule has 0 unspecified atom stereocenters. The first kappa shape index (κ1) is 41.3. The second-order valence-corrected chi connectivity index (χ2v) is 17.3. The maximum Gasteiger partial charge on any atom is 0.305 e. The van der Waals surface area contributed by atoms with E-state index < -0.39 is 0 Å². The van der Waals surface area contributed by atoms with Crippen LogP contribution in [0.5, 0.6) is 5.75 Å². The summed E-state index contributed by atoms with van der Waals surface area (Å²) in [6.07, 6.45) is 6.34. The molecular weight excluding hydrogens is 758 g/mol. The van der Waals surface area contributed by atoms with Crippen LogP contribution < -0.4 is 4.87 Å². The van der Waals surface area contributed by atoms with Crippen LogP contribution >= 0.6 is 34.3 Å². The molecule has 14 heteroatoms. The Labute approximate surface area is 336 Å². The number of fused-ring (bicyclic) bond motifs is 1. The van der Waals surface area contributed by atoms with E-state index in [2.05, 4.69) is 40.8 Å². The van der Waals surface area contributed by atoms with Crippen molar-refractivity contribution in [2.24, 2.45) is 0 Å². The summed E-state index contributed by atoms with van der Waals surface area (Å²) in [4.78, 5) is 51.4. The summed E-state index contributed by atoms with van der Waals surface area (Å²) >= 11 is 9.61. The van der Waals surface area contributed by atoms with Crippen LogP contribution in [0.2, 0.25) is 5.02 Å². The molecule has 2 N–H and O–H groups in total. The predicted molar refractivity (Wildman–Crippen MR) is 220 cm³/mol. The highest BCUT2D eigenvalue weighted by Gasteiger charge is 2.41. The summed E-state index contributed by atoms with van der Waals surface area (Å²) < 4.78 is 13.1. The number of benzene rings is 2. The number of aromatic amines is 1. The third-order valence-electron chi connectivity index (χ3n) is 10.8. The number of aryl methyl sites for hydroxylation is 1. The van der Waals surface area contributed by atoms with Gasteiger partial charge in [-0.15, -0.1) is 11.3 Å². The number of unbranched alkanes of at least 4 members (excludes halogenated alkanes) is 2. The number of amides is 2. The molecule has 4 aromatic rings. The van der Waals surface area contributed by atoms with Gasteiger partial charge in [-0.2, -0.15) is 0 Å². The van der Waals surface area contributed by atoms with Crippen molar-refractivity contribution in [3.8, 4) is 5.75 Å². The molecule has 2 aliphatic rings. The minimum Gasteiger partial charge on any atom is -0.506 e. The predicted octanol–water partition coefficient (Wildman–Crippen LogP) is 7.25. The number of H-pyrrole nitrogens is 1. The maximum absolute atomic E-state index is 13.3. The first-order chi connectivity index (χ1) is 26.6.